The van der Waals surface area contributed by atoms with Crippen molar-refractivity contribution in [3.8, 4) is 0 Å². The van der Waals surface area contributed by atoms with Gasteiger partial charge < -0.3 is 5.32 Å². The van der Waals surface area contributed by atoms with E-state index in [0.29, 0.717) is 0 Å². The van der Waals surface area contributed by atoms with Crippen LogP contribution in [0.1, 0.15) is 35.5 Å². The highest BCUT2D eigenvalue weighted by atomic mass is 79.9. The van der Waals surface area contributed by atoms with E-state index < -0.39 is 0 Å². The zero-order valence-corrected chi connectivity index (χ0v) is 15.2. The third kappa shape index (κ3) is 3.29. The summed E-state index contributed by atoms with van der Waals surface area (Å²) in [6.07, 6.45) is 2.96. The molecular weight excluding hydrogens is 390 g/mol. The predicted octanol–water partition coefficient (Wildman–Crippen LogP) is 4.40. The van der Waals surface area contributed by atoms with Crippen LogP contribution in [-0.4, -0.2) is 16.3 Å². The molecule has 19 heavy (non-hydrogen) atoms. The van der Waals surface area contributed by atoms with Gasteiger partial charge in [-0.15, -0.1) is 11.3 Å². The van der Waals surface area contributed by atoms with Crippen LogP contribution in [0.4, 0.5) is 0 Å². The van der Waals surface area contributed by atoms with E-state index in [4.69, 9.17) is 0 Å². The molecule has 0 aliphatic carbocycles. The minimum Gasteiger partial charge on any atom is -0.304 e. The molecular formula is C13H17Br2N3S. The number of hydrogen-bond acceptors (Lipinski definition) is 3. The summed E-state index contributed by atoms with van der Waals surface area (Å²) in [6, 6.07) is 2.42. The maximum Gasteiger partial charge on any atom is 0.0853 e. The second kappa shape index (κ2) is 6.52. The number of nitrogens with zero attached hydrogens (tertiary/aromatic N) is 2. The van der Waals surface area contributed by atoms with E-state index in [9.17, 15) is 0 Å². The van der Waals surface area contributed by atoms with Crippen LogP contribution in [0.25, 0.3) is 0 Å². The highest BCUT2D eigenvalue weighted by molar-refractivity contribution is 9.11. The average molecular weight is 407 g/mol. The Morgan fingerprint density at radius 3 is 2.68 bits per heavy atom. The van der Waals surface area contributed by atoms with E-state index >= 15 is 0 Å². The molecule has 2 rings (SSSR count). The lowest BCUT2D eigenvalue weighted by Gasteiger charge is -2.18. The van der Waals surface area contributed by atoms with Crippen LogP contribution in [-0.2, 0) is 7.05 Å². The summed E-state index contributed by atoms with van der Waals surface area (Å²) in [7, 11) is 1.98. The standard InChI is InChI=1S/C13H17Br2N3S/c1-4-5-16-11(10-6-8(2)13(15)19-10)12-9(14)7-17-18(12)3/h6-7,11,16H,4-5H2,1-3H3. The summed E-state index contributed by atoms with van der Waals surface area (Å²) in [4.78, 5) is 1.31. The number of aromatic nitrogens is 2. The normalized spacial score (nSPS) is 12.9. The zero-order chi connectivity index (χ0) is 14.0. The molecule has 0 bridgehead atoms. The van der Waals surface area contributed by atoms with Crippen molar-refractivity contribution in [1.29, 1.82) is 0 Å². The SMILES string of the molecule is CCCNC(c1cc(C)c(Br)s1)c1c(Br)cnn1C. The number of nitrogens with one attached hydrogen (secondary N) is 1. The monoisotopic (exact) mass is 405 g/mol. The minimum absolute atomic E-state index is 0.178. The molecule has 0 saturated heterocycles. The summed E-state index contributed by atoms with van der Waals surface area (Å²) in [5.41, 5.74) is 2.45. The fraction of sp³-hybridized carbons (Fsp3) is 0.462. The first kappa shape index (κ1) is 15.2. The zero-order valence-electron chi connectivity index (χ0n) is 11.2. The lowest BCUT2D eigenvalue weighted by Crippen LogP contribution is -2.24. The Morgan fingerprint density at radius 1 is 1.47 bits per heavy atom. The van der Waals surface area contributed by atoms with Gasteiger partial charge in [0.25, 0.3) is 0 Å². The molecule has 1 atom stereocenters. The number of aryl methyl sites for hydroxylation is 2. The molecule has 0 amide bonds. The van der Waals surface area contributed by atoms with E-state index in [1.807, 2.05) is 17.9 Å². The van der Waals surface area contributed by atoms with E-state index in [0.717, 1.165) is 17.4 Å². The molecule has 0 radical (unpaired) electrons. The van der Waals surface area contributed by atoms with Crippen LogP contribution in [0.3, 0.4) is 0 Å². The summed E-state index contributed by atoms with van der Waals surface area (Å²) < 4.78 is 4.18. The number of rotatable bonds is 5. The van der Waals surface area contributed by atoms with Gasteiger partial charge in [-0.2, -0.15) is 5.10 Å². The van der Waals surface area contributed by atoms with Crippen molar-refractivity contribution in [1.82, 2.24) is 15.1 Å². The smallest absolute Gasteiger partial charge is 0.0853 e. The Balaban J connectivity index is 2.41. The third-order valence-corrected chi connectivity index (χ3v) is 5.78. The minimum atomic E-state index is 0.178. The van der Waals surface area contributed by atoms with Crippen LogP contribution in [0.5, 0.6) is 0 Å². The Labute approximate surface area is 134 Å². The molecule has 3 nitrogen and oxygen atoms in total. The predicted molar refractivity (Wildman–Crippen MR) is 87.8 cm³/mol. The second-order valence-corrected chi connectivity index (χ2v) is 7.75. The number of thiophene rings is 1. The van der Waals surface area contributed by atoms with E-state index in [-0.39, 0.29) is 6.04 Å². The quantitative estimate of drug-likeness (QED) is 0.797. The second-order valence-electron chi connectivity index (χ2n) is 4.49. The van der Waals surface area contributed by atoms with Gasteiger partial charge in [0.2, 0.25) is 0 Å². The van der Waals surface area contributed by atoms with Crippen LogP contribution in [0.15, 0.2) is 20.5 Å². The molecule has 0 aliphatic heterocycles. The van der Waals surface area contributed by atoms with Gasteiger partial charge in [0, 0.05) is 11.9 Å². The highest BCUT2D eigenvalue weighted by Gasteiger charge is 2.22. The van der Waals surface area contributed by atoms with Crippen LogP contribution >= 0.6 is 43.2 Å². The van der Waals surface area contributed by atoms with Crippen molar-refractivity contribution >= 4 is 43.2 Å². The van der Waals surface area contributed by atoms with Crippen LogP contribution in [0.2, 0.25) is 0 Å². The topological polar surface area (TPSA) is 29.9 Å². The van der Waals surface area contributed by atoms with E-state index in [1.165, 1.54) is 19.9 Å². The molecule has 6 heteroatoms. The molecule has 2 aromatic rings. The Bertz CT molecular complexity index is 523. The Hall–Kier alpha value is -0.170. The van der Waals surface area contributed by atoms with Crippen LogP contribution in [0, 0.1) is 6.92 Å². The van der Waals surface area contributed by atoms with Gasteiger partial charge in [-0.25, -0.2) is 0 Å². The molecule has 0 aliphatic rings. The van der Waals surface area contributed by atoms with Crippen molar-refractivity contribution in [3.05, 3.63) is 36.7 Å². The number of halogens is 2. The van der Waals surface area contributed by atoms with Gasteiger partial charge >= 0.3 is 0 Å². The summed E-state index contributed by atoms with van der Waals surface area (Å²) in [5, 5.41) is 7.93. The van der Waals surface area contributed by atoms with Gasteiger partial charge in [0.15, 0.2) is 0 Å². The lowest BCUT2D eigenvalue weighted by molar-refractivity contribution is 0.558. The van der Waals surface area contributed by atoms with Crippen molar-refractivity contribution in [2.45, 2.75) is 26.3 Å². The van der Waals surface area contributed by atoms with Gasteiger partial charge in [0.1, 0.15) is 0 Å². The van der Waals surface area contributed by atoms with Crippen molar-refractivity contribution in [2.24, 2.45) is 7.05 Å². The molecule has 104 valence electrons. The largest absolute Gasteiger partial charge is 0.304 e. The Morgan fingerprint density at radius 2 is 2.21 bits per heavy atom. The van der Waals surface area contributed by atoms with Crippen molar-refractivity contribution in [2.75, 3.05) is 6.54 Å². The van der Waals surface area contributed by atoms with Gasteiger partial charge in [-0.1, -0.05) is 6.92 Å². The maximum atomic E-state index is 4.32. The van der Waals surface area contributed by atoms with Gasteiger partial charge in [0.05, 0.1) is 26.2 Å². The molecule has 0 spiro atoms. The molecule has 2 heterocycles. The Kier molecular flexibility index (Phi) is 5.22. The number of hydrogen-bond donors (Lipinski definition) is 1. The molecule has 1 N–H and O–H groups in total. The first-order chi connectivity index (χ1) is 9.04. The lowest BCUT2D eigenvalue weighted by atomic mass is 10.1. The van der Waals surface area contributed by atoms with Gasteiger partial charge in [-0.05, 0) is 63.4 Å². The summed E-state index contributed by atoms with van der Waals surface area (Å²) in [5.74, 6) is 0. The summed E-state index contributed by atoms with van der Waals surface area (Å²) in [6.45, 7) is 5.29. The van der Waals surface area contributed by atoms with Crippen molar-refractivity contribution in [3.63, 3.8) is 0 Å². The van der Waals surface area contributed by atoms with Gasteiger partial charge in [-0.3, -0.25) is 4.68 Å². The molecule has 0 saturated carbocycles. The fourth-order valence-electron chi connectivity index (χ4n) is 1.99. The average Bonchev–Trinajstić information content (AvgIpc) is 2.86. The molecule has 1 unspecified atom stereocenters. The summed E-state index contributed by atoms with van der Waals surface area (Å²) >= 11 is 8.99. The third-order valence-electron chi connectivity index (χ3n) is 2.97. The molecule has 0 fully saturated rings. The van der Waals surface area contributed by atoms with E-state index in [1.54, 1.807) is 11.3 Å². The maximum absolute atomic E-state index is 4.32. The van der Waals surface area contributed by atoms with Crippen molar-refractivity contribution < 1.29 is 0 Å². The first-order valence-corrected chi connectivity index (χ1v) is 8.61. The molecule has 0 aromatic carbocycles. The highest BCUT2D eigenvalue weighted by Crippen LogP contribution is 2.36. The molecule has 2 aromatic heterocycles. The van der Waals surface area contributed by atoms with E-state index in [2.05, 4.69) is 62.2 Å². The first-order valence-electron chi connectivity index (χ1n) is 6.21. The fourth-order valence-corrected chi connectivity index (χ4v) is 4.22. The van der Waals surface area contributed by atoms with Crippen LogP contribution < -0.4 is 5.32 Å².